The molecule has 1 aromatic rings. The first kappa shape index (κ1) is 23.9. The average Bonchev–Trinajstić information content (AvgIpc) is 3.39. The smallest absolute Gasteiger partial charge is 0.225 e. The number of nitrogens with zero attached hydrogens (tertiary/aromatic N) is 2. The van der Waals surface area contributed by atoms with Gasteiger partial charge in [0.1, 0.15) is 5.82 Å². The van der Waals surface area contributed by atoms with E-state index >= 15 is 0 Å². The number of rotatable bonds is 6. The van der Waals surface area contributed by atoms with Crippen molar-refractivity contribution in [2.45, 2.75) is 51.3 Å². The fourth-order valence-electron chi connectivity index (χ4n) is 4.09. The zero-order valence-corrected chi connectivity index (χ0v) is 19.6. The first-order chi connectivity index (χ1) is 13.6. The van der Waals surface area contributed by atoms with Crippen LogP contribution in [0.3, 0.4) is 0 Å². The van der Waals surface area contributed by atoms with Gasteiger partial charge in [0.15, 0.2) is 5.96 Å². The minimum absolute atomic E-state index is 0. The number of carbonyl (C=O) groups excluding carboxylic acids is 1. The maximum Gasteiger partial charge on any atom is 0.225 e. The van der Waals surface area contributed by atoms with Crippen LogP contribution < -0.4 is 10.6 Å². The number of aliphatic imine (C=N–C) groups is 1. The summed E-state index contributed by atoms with van der Waals surface area (Å²) in [5.41, 5.74) is 1.50. The molecular formula is C21H32FIN4O2. The monoisotopic (exact) mass is 518 g/mol. The van der Waals surface area contributed by atoms with E-state index in [2.05, 4.69) is 15.6 Å². The van der Waals surface area contributed by atoms with E-state index in [0.717, 1.165) is 37.9 Å². The van der Waals surface area contributed by atoms with Gasteiger partial charge in [0, 0.05) is 51.3 Å². The molecule has 8 heteroatoms. The number of hydrogen-bond acceptors (Lipinski definition) is 3. The van der Waals surface area contributed by atoms with Crippen molar-refractivity contribution in [3.05, 3.63) is 35.1 Å². The van der Waals surface area contributed by atoms with Gasteiger partial charge in [0.05, 0.1) is 6.61 Å². The first-order valence-corrected chi connectivity index (χ1v) is 10.1. The van der Waals surface area contributed by atoms with Crippen molar-refractivity contribution < 1.29 is 13.9 Å². The Kier molecular flexibility index (Phi) is 9.61. The van der Waals surface area contributed by atoms with E-state index in [0.29, 0.717) is 24.0 Å². The molecule has 1 aliphatic heterocycles. The minimum atomic E-state index is -0.258. The van der Waals surface area contributed by atoms with Gasteiger partial charge in [-0.15, -0.1) is 24.0 Å². The minimum Gasteiger partial charge on any atom is -0.380 e. The van der Waals surface area contributed by atoms with Crippen molar-refractivity contribution in [3.63, 3.8) is 0 Å². The molecule has 1 aliphatic carbocycles. The second-order valence-electron chi connectivity index (χ2n) is 7.68. The fraction of sp³-hybridized carbons (Fsp3) is 0.619. The number of carbonyl (C=O) groups is 1. The molecule has 29 heavy (non-hydrogen) atoms. The largest absolute Gasteiger partial charge is 0.380 e. The van der Waals surface area contributed by atoms with Crippen molar-refractivity contribution in [1.82, 2.24) is 15.5 Å². The quantitative estimate of drug-likeness (QED) is 0.345. The fourth-order valence-corrected chi connectivity index (χ4v) is 4.09. The lowest BCUT2D eigenvalue weighted by atomic mass is 10.1. The molecule has 3 rings (SSSR count). The summed E-state index contributed by atoms with van der Waals surface area (Å²) in [4.78, 5) is 18.9. The molecule has 0 bridgehead atoms. The van der Waals surface area contributed by atoms with Crippen molar-refractivity contribution in [2.75, 3.05) is 27.2 Å². The highest BCUT2D eigenvalue weighted by molar-refractivity contribution is 14.0. The molecule has 1 amide bonds. The lowest BCUT2D eigenvalue weighted by molar-refractivity contribution is -0.134. The van der Waals surface area contributed by atoms with Crippen LogP contribution in [0.2, 0.25) is 0 Å². The van der Waals surface area contributed by atoms with E-state index < -0.39 is 0 Å². The molecule has 0 radical (unpaired) electrons. The summed E-state index contributed by atoms with van der Waals surface area (Å²) in [6.45, 7) is 2.32. The van der Waals surface area contributed by atoms with Gasteiger partial charge < -0.3 is 20.3 Å². The Morgan fingerprint density at radius 2 is 2.07 bits per heavy atom. The Hall–Kier alpha value is -1.42. The number of halogens is 2. The third-order valence-electron chi connectivity index (χ3n) is 5.64. The van der Waals surface area contributed by atoms with Gasteiger partial charge in [0.25, 0.3) is 0 Å². The Bertz CT molecular complexity index is 710. The number of hydrogen-bond donors (Lipinski definition) is 2. The van der Waals surface area contributed by atoms with E-state index in [1.165, 1.54) is 18.9 Å². The van der Waals surface area contributed by atoms with Crippen LogP contribution in [0.15, 0.2) is 23.2 Å². The summed E-state index contributed by atoms with van der Waals surface area (Å²) in [7, 11) is 3.28. The Balaban J connectivity index is 0.00000300. The van der Waals surface area contributed by atoms with E-state index in [4.69, 9.17) is 4.74 Å². The third-order valence-corrected chi connectivity index (χ3v) is 5.64. The molecule has 2 aliphatic rings. The predicted molar refractivity (Wildman–Crippen MR) is 123 cm³/mol. The van der Waals surface area contributed by atoms with Gasteiger partial charge in [0.2, 0.25) is 5.91 Å². The zero-order valence-electron chi connectivity index (χ0n) is 17.2. The normalized spacial score (nSPS) is 19.9. The Morgan fingerprint density at radius 3 is 2.76 bits per heavy atom. The van der Waals surface area contributed by atoms with E-state index in [1.54, 1.807) is 26.3 Å². The second kappa shape index (κ2) is 11.7. The maximum absolute atomic E-state index is 13.7. The van der Waals surface area contributed by atoms with Crippen LogP contribution in [0.4, 0.5) is 4.39 Å². The van der Waals surface area contributed by atoms with Gasteiger partial charge >= 0.3 is 0 Å². The van der Waals surface area contributed by atoms with E-state index in [-0.39, 0.29) is 48.4 Å². The van der Waals surface area contributed by atoms with E-state index in [9.17, 15) is 9.18 Å². The predicted octanol–water partition coefficient (Wildman–Crippen LogP) is 3.05. The van der Waals surface area contributed by atoms with Gasteiger partial charge in [-0.25, -0.2) is 4.39 Å². The lowest BCUT2D eigenvalue weighted by Gasteiger charge is -2.21. The molecule has 162 valence electrons. The van der Waals surface area contributed by atoms with Gasteiger partial charge in [-0.3, -0.25) is 9.79 Å². The SMILES string of the molecule is CN=C(NCc1ccc(F)c(COC)c1)NC1CCN(C(=O)C2CCCC2)C1.I. The van der Waals surface area contributed by atoms with Gasteiger partial charge in [-0.1, -0.05) is 18.9 Å². The molecule has 1 saturated carbocycles. The first-order valence-electron chi connectivity index (χ1n) is 10.1. The Labute approximate surface area is 189 Å². The summed E-state index contributed by atoms with van der Waals surface area (Å²) in [6.07, 6.45) is 5.36. The number of amides is 1. The molecule has 1 aromatic carbocycles. The van der Waals surface area contributed by atoms with Crippen molar-refractivity contribution in [3.8, 4) is 0 Å². The number of benzene rings is 1. The lowest BCUT2D eigenvalue weighted by Crippen LogP contribution is -2.45. The highest BCUT2D eigenvalue weighted by Crippen LogP contribution is 2.27. The van der Waals surface area contributed by atoms with E-state index in [1.807, 2.05) is 4.90 Å². The van der Waals surface area contributed by atoms with Crippen LogP contribution in [-0.4, -0.2) is 50.1 Å². The molecular weight excluding hydrogens is 486 g/mol. The van der Waals surface area contributed by atoms with Gasteiger partial charge in [-0.2, -0.15) is 0 Å². The van der Waals surface area contributed by atoms with Crippen LogP contribution in [0.1, 0.15) is 43.2 Å². The van der Waals surface area contributed by atoms with Crippen LogP contribution in [0, 0.1) is 11.7 Å². The highest BCUT2D eigenvalue weighted by atomic mass is 127. The number of nitrogens with one attached hydrogen (secondary N) is 2. The standard InChI is InChI=1S/C21H31FN4O2.HI/c1-23-21(24-12-15-7-8-19(22)17(11-15)14-28-2)25-18-9-10-26(13-18)20(27)16-5-3-4-6-16;/h7-8,11,16,18H,3-6,9-10,12-14H2,1-2H3,(H2,23,24,25);1H. The van der Waals surface area contributed by atoms with Crippen LogP contribution in [-0.2, 0) is 22.7 Å². The van der Waals surface area contributed by atoms with Crippen molar-refractivity contribution in [1.29, 1.82) is 0 Å². The molecule has 2 fully saturated rings. The molecule has 1 atom stereocenters. The van der Waals surface area contributed by atoms with Gasteiger partial charge in [-0.05, 0) is 37.0 Å². The third kappa shape index (κ3) is 6.53. The molecule has 6 nitrogen and oxygen atoms in total. The number of methoxy groups -OCH3 is 1. The number of likely N-dealkylation sites (tertiary alicyclic amines) is 1. The molecule has 1 unspecified atom stereocenters. The molecule has 1 saturated heterocycles. The van der Waals surface area contributed by atoms with Crippen molar-refractivity contribution >= 4 is 35.8 Å². The molecule has 1 heterocycles. The summed E-state index contributed by atoms with van der Waals surface area (Å²) in [5.74, 6) is 0.988. The number of ether oxygens (including phenoxy) is 1. The van der Waals surface area contributed by atoms with Crippen LogP contribution in [0.5, 0.6) is 0 Å². The molecule has 0 aromatic heterocycles. The maximum atomic E-state index is 13.7. The average molecular weight is 518 g/mol. The summed E-state index contributed by atoms with van der Waals surface area (Å²) in [5, 5.41) is 6.68. The zero-order chi connectivity index (χ0) is 19.9. The molecule has 0 spiro atoms. The summed E-state index contributed by atoms with van der Waals surface area (Å²) in [6, 6.07) is 5.22. The van der Waals surface area contributed by atoms with Crippen LogP contribution in [0.25, 0.3) is 0 Å². The van der Waals surface area contributed by atoms with Crippen LogP contribution >= 0.6 is 24.0 Å². The summed E-state index contributed by atoms with van der Waals surface area (Å²) < 4.78 is 18.8. The number of guanidine groups is 1. The second-order valence-corrected chi connectivity index (χ2v) is 7.68. The van der Waals surface area contributed by atoms with Crippen molar-refractivity contribution in [2.24, 2.45) is 10.9 Å². The Morgan fingerprint density at radius 1 is 1.31 bits per heavy atom. The summed E-state index contributed by atoms with van der Waals surface area (Å²) >= 11 is 0. The topological polar surface area (TPSA) is 66.0 Å². The highest BCUT2D eigenvalue weighted by Gasteiger charge is 2.32. The molecule has 2 N–H and O–H groups in total.